The Labute approximate surface area is 127 Å². The third-order valence-corrected chi connectivity index (χ3v) is 6.36. The second-order valence-electron chi connectivity index (χ2n) is 6.17. The largest absolute Gasteiger partial charge is 0.391 e. The molecule has 2 atom stereocenters. The lowest BCUT2D eigenvalue weighted by Gasteiger charge is -2.29. The molecule has 1 aliphatic rings. The van der Waals surface area contributed by atoms with Crippen LogP contribution in [0, 0.1) is 27.7 Å². The zero-order valence-electron chi connectivity index (χ0n) is 13.2. The Bertz CT molecular complexity index is 611. The first-order valence-electron chi connectivity index (χ1n) is 7.52. The van der Waals surface area contributed by atoms with Crippen LogP contribution in [0.2, 0.25) is 0 Å². The first kappa shape index (κ1) is 16.5. The van der Waals surface area contributed by atoms with Crippen molar-refractivity contribution in [2.45, 2.75) is 70.4 Å². The number of rotatable bonds is 3. The second-order valence-corrected chi connectivity index (χ2v) is 7.82. The van der Waals surface area contributed by atoms with Gasteiger partial charge in [-0.2, -0.15) is 0 Å². The highest BCUT2D eigenvalue weighted by atomic mass is 32.2. The minimum absolute atomic E-state index is 0.372. The lowest BCUT2D eigenvalue weighted by atomic mass is 9.93. The molecule has 2 unspecified atom stereocenters. The first-order chi connectivity index (χ1) is 9.74. The molecule has 0 amide bonds. The van der Waals surface area contributed by atoms with E-state index < -0.39 is 16.1 Å². The van der Waals surface area contributed by atoms with Crippen molar-refractivity contribution in [3.05, 3.63) is 28.3 Å². The smallest absolute Gasteiger partial charge is 0.241 e. The van der Waals surface area contributed by atoms with Crippen LogP contribution in [0.5, 0.6) is 0 Å². The Balaban J connectivity index is 2.40. The molecule has 1 aliphatic carbocycles. The minimum Gasteiger partial charge on any atom is -0.391 e. The highest BCUT2D eigenvalue weighted by Gasteiger charge is 2.30. The van der Waals surface area contributed by atoms with Gasteiger partial charge in [0.2, 0.25) is 10.0 Å². The van der Waals surface area contributed by atoms with Crippen LogP contribution in [0.3, 0.4) is 0 Å². The summed E-state index contributed by atoms with van der Waals surface area (Å²) in [6, 6.07) is 1.64. The van der Waals surface area contributed by atoms with Crippen molar-refractivity contribution in [2.75, 3.05) is 0 Å². The van der Waals surface area contributed by atoms with Crippen LogP contribution in [-0.4, -0.2) is 25.7 Å². The molecule has 1 aromatic carbocycles. The van der Waals surface area contributed by atoms with Crippen molar-refractivity contribution in [2.24, 2.45) is 0 Å². The first-order valence-corrected chi connectivity index (χ1v) is 9.00. The van der Waals surface area contributed by atoms with Crippen molar-refractivity contribution in [1.29, 1.82) is 0 Å². The molecule has 118 valence electrons. The van der Waals surface area contributed by atoms with E-state index >= 15 is 0 Å². The maximum absolute atomic E-state index is 12.8. The molecule has 2 N–H and O–H groups in total. The SMILES string of the molecule is Cc1cc(C)c(C)c(S(=O)(=O)NC2CCCCC2O)c1C. The van der Waals surface area contributed by atoms with E-state index in [1.165, 1.54) is 0 Å². The van der Waals surface area contributed by atoms with E-state index in [-0.39, 0.29) is 6.04 Å². The third kappa shape index (κ3) is 3.30. The van der Waals surface area contributed by atoms with Crippen molar-refractivity contribution < 1.29 is 13.5 Å². The Hall–Kier alpha value is -0.910. The van der Waals surface area contributed by atoms with E-state index in [2.05, 4.69) is 4.72 Å². The van der Waals surface area contributed by atoms with Gasteiger partial charge < -0.3 is 5.11 Å². The minimum atomic E-state index is -3.61. The molecule has 5 heteroatoms. The van der Waals surface area contributed by atoms with E-state index in [0.717, 1.165) is 35.1 Å². The number of aliphatic hydroxyl groups excluding tert-OH is 1. The molecule has 2 rings (SSSR count). The summed E-state index contributed by atoms with van der Waals surface area (Å²) in [6.45, 7) is 7.54. The van der Waals surface area contributed by atoms with Gasteiger partial charge in [-0.1, -0.05) is 18.9 Å². The van der Waals surface area contributed by atoms with Crippen molar-refractivity contribution in [3.63, 3.8) is 0 Å². The van der Waals surface area contributed by atoms with Crippen LogP contribution in [0.25, 0.3) is 0 Å². The summed E-state index contributed by atoms with van der Waals surface area (Å²) < 4.78 is 28.3. The molecular formula is C16H25NO3S. The molecule has 0 heterocycles. The van der Waals surface area contributed by atoms with E-state index in [9.17, 15) is 13.5 Å². The van der Waals surface area contributed by atoms with E-state index in [0.29, 0.717) is 17.7 Å². The maximum atomic E-state index is 12.8. The summed E-state index contributed by atoms with van der Waals surface area (Å²) in [5.74, 6) is 0. The zero-order chi connectivity index (χ0) is 15.8. The average Bonchev–Trinajstić information content (AvgIpc) is 2.39. The van der Waals surface area contributed by atoms with Gasteiger partial charge >= 0.3 is 0 Å². The molecule has 0 bridgehead atoms. The van der Waals surface area contributed by atoms with Gasteiger partial charge in [0.25, 0.3) is 0 Å². The number of hydrogen-bond donors (Lipinski definition) is 2. The fourth-order valence-corrected chi connectivity index (χ4v) is 5.01. The fourth-order valence-electron chi connectivity index (χ4n) is 3.09. The maximum Gasteiger partial charge on any atom is 0.241 e. The summed E-state index contributed by atoms with van der Waals surface area (Å²) in [5, 5.41) is 10.0. The lowest BCUT2D eigenvalue weighted by molar-refractivity contribution is 0.101. The summed E-state index contributed by atoms with van der Waals surface area (Å²) in [5.41, 5.74) is 3.53. The predicted octanol–water partition coefficient (Wildman–Crippen LogP) is 2.50. The van der Waals surface area contributed by atoms with Crippen LogP contribution in [0.1, 0.15) is 47.9 Å². The Morgan fingerprint density at radius 2 is 1.57 bits per heavy atom. The lowest BCUT2D eigenvalue weighted by Crippen LogP contribution is -2.45. The molecule has 0 radical (unpaired) electrons. The number of benzene rings is 1. The number of aryl methyl sites for hydroxylation is 2. The Kier molecular flexibility index (Phi) is 4.76. The summed E-state index contributed by atoms with van der Waals surface area (Å²) >= 11 is 0. The van der Waals surface area contributed by atoms with Gasteiger partial charge in [0, 0.05) is 6.04 Å². The summed E-state index contributed by atoms with van der Waals surface area (Å²) in [6.07, 6.45) is 2.69. The van der Waals surface area contributed by atoms with Crippen LogP contribution in [0.4, 0.5) is 0 Å². The normalized spacial score (nSPS) is 23.3. The Morgan fingerprint density at radius 1 is 1.05 bits per heavy atom. The highest BCUT2D eigenvalue weighted by molar-refractivity contribution is 7.89. The van der Waals surface area contributed by atoms with Gasteiger partial charge in [-0.15, -0.1) is 0 Å². The summed E-state index contributed by atoms with van der Waals surface area (Å²) in [7, 11) is -3.61. The van der Waals surface area contributed by atoms with Crippen LogP contribution >= 0.6 is 0 Å². The molecule has 1 fully saturated rings. The standard InChI is InChI=1S/C16H25NO3S/c1-10-9-11(2)13(4)16(12(10)3)21(19,20)17-14-7-5-6-8-15(14)18/h9,14-15,17-18H,5-8H2,1-4H3. The number of sulfonamides is 1. The molecule has 0 aromatic heterocycles. The van der Waals surface area contributed by atoms with Gasteiger partial charge in [0.1, 0.15) is 0 Å². The Morgan fingerprint density at radius 3 is 2.10 bits per heavy atom. The van der Waals surface area contributed by atoms with Crippen LogP contribution in [0.15, 0.2) is 11.0 Å². The van der Waals surface area contributed by atoms with Gasteiger partial charge in [0.05, 0.1) is 11.0 Å². The van der Waals surface area contributed by atoms with Gasteiger partial charge in [0.15, 0.2) is 0 Å². The fraction of sp³-hybridized carbons (Fsp3) is 0.625. The summed E-state index contributed by atoms with van der Waals surface area (Å²) in [4.78, 5) is 0.373. The van der Waals surface area contributed by atoms with E-state index in [1.54, 1.807) is 0 Å². The van der Waals surface area contributed by atoms with Crippen LogP contribution < -0.4 is 4.72 Å². The molecular weight excluding hydrogens is 286 g/mol. The van der Waals surface area contributed by atoms with Gasteiger partial charge in [-0.25, -0.2) is 13.1 Å². The average molecular weight is 311 g/mol. The molecule has 0 spiro atoms. The number of nitrogens with one attached hydrogen (secondary N) is 1. The second kappa shape index (κ2) is 6.07. The van der Waals surface area contributed by atoms with Gasteiger partial charge in [-0.05, 0) is 62.8 Å². The highest BCUT2D eigenvalue weighted by Crippen LogP contribution is 2.27. The molecule has 0 saturated heterocycles. The quantitative estimate of drug-likeness (QED) is 0.901. The molecule has 1 aromatic rings. The van der Waals surface area contributed by atoms with E-state index in [4.69, 9.17) is 0 Å². The molecule has 0 aliphatic heterocycles. The molecule has 21 heavy (non-hydrogen) atoms. The third-order valence-electron chi connectivity index (χ3n) is 4.60. The zero-order valence-corrected chi connectivity index (χ0v) is 14.0. The van der Waals surface area contributed by atoms with E-state index in [1.807, 2.05) is 33.8 Å². The number of hydrogen-bond acceptors (Lipinski definition) is 3. The van der Waals surface area contributed by atoms with Crippen molar-refractivity contribution >= 4 is 10.0 Å². The topological polar surface area (TPSA) is 66.4 Å². The molecule has 4 nitrogen and oxygen atoms in total. The van der Waals surface area contributed by atoms with Gasteiger partial charge in [-0.3, -0.25) is 0 Å². The van der Waals surface area contributed by atoms with Crippen LogP contribution in [-0.2, 0) is 10.0 Å². The predicted molar refractivity (Wildman–Crippen MR) is 84.0 cm³/mol. The molecule has 1 saturated carbocycles. The van der Waals surface area contributed by atoms with Crippen molar-refractivity contribution in [3.8, 4) is 0 Å². The monoisotopic (exact) mass is 311 g/mol. The number of aliphatic hydroxyl groups is 1. The van der Waals surface area contributed by atoms with Crippen molar-refractivity contribution in [1.82, 2.24) is 4.72 Å².